The van der Waals surface area contributed by atoms with Crippen molar-refractivity contribution >= 4 is 5.97 Å². The first-order valence-corrected chi connectivity index (χ1v) is 7.79. The van der Waals surface area contributed by atoms with Crippen LogP contribution in [-0.4, -0.2) is 11.1 Å². The lowest BCUT2D eigenvalue weighted by Crippen LogP contribution is -2.18. The zero-order valence-corrected chi connectivity index (χ0v) is 13.1. The summed E-state index contributed by atoms with van der Waals surface area (Å²) in [5, 5.41) is 10.8. The third-order valence-corrected chi connectivity index (χ3v) is 3.80. The van der Waals surface area contributed by atoms with E-state index in [4.69, 9.17) is 4.74 Å². The molecule has 0 aromatic heterocycles. The van der Waals surface area contributed by atoms with Crippen LogP contribution in [0.1, 0.15) is 33.7 Å². The van der Waals surface area contributed by atoms with Crippen LogP contribution >= 0.6 is 0 Å². The summed E-state index contributed by atoms with van der Waals surface area (Å²) in [4.78, 5) is 12.4. The minimum Gasteiger partial charge on any atom is -0.451 e. The summed E-state index contributed by atoms with van der Waals surface area (Å²) < 4.78 is 5.65. The molecule has 0 aliphatic rings. The van der Waals surface area contributed by atoms with Crippen molar-refractivity contribution in [3.63, 3.8) is 0 Å². The van der Waals surface area contributed by atoms with Crippen molar-refractivity contribution in [1.29, 1.82) is 0 Å². The van der Waals surface area contributed by atoms with Gasteiger partial charge in [0.15, 0.2) is 6.10 Å². The topological polar surface area (TPSA) is 46.5 Å². The number of rotatable bonds is 5. The van der Waals surface area contributed by atoms with Crippen molar-refractivity contribution in [1.82, 2.24) is 0 Å². The van der Waals surface area contributed by atoms with Crippen LogP contribution in [0.15, 0.2) is 91.0 Å². The van der Waals surface area contributed by atoms with Crippen molar-refractivity contribution in [3.05, 3.63) is 108 Å². The van der Waals surface area contributed by atoms with Gasteiger partial charge in [0.2, 0.25) is 0 Å². The predicted octanol–water partition coefficient (Wildman–Crippen LogP) is 4.32. The quantitative estimate of drug-likeness (QED) is 0.713. The lowest BCUT2D eigenvalue weighted by molar-refractivity contribution is -0.0209. The summed E-state index contributed by atoms with van der Waals surface area (Å²) in [6, 6.07) is 27.3. The van der Waals surface area contributed by atoms with Gasteiger partial charge in [-0.2, -0.15) is 0 Å². The average Bonchev–Trinajstić information content (AvgIpc) is 2.67. The Bertz CT molecular complexity index is 770. The Morgan fingerprint density at radius 1 is 0.708 bits per heavy atom. The van der Waals surface area contributed by atoms with Gasteiger partial charge in [-0.25, -0.2) is 4.79 Å². The Morgan fingerprint density at radius 3 is 1.71 bits per heavy atom. The first-order chi connectivity index (χ1) is 11.8. The predicted molar refractivity (Wildman–Crippen MR) is 92.4 cm³/mol. The Balaban J connectivity index is 1.90. The van der Waals surface area contributed by atoms with Gasteiger partial charge in [0.1, 0.15) is 6.10 Å². The SMILES string of the molecule is O=C(O[C@@H](c1ccccc1)[C@H](O)c1ccccc1)c1ccccc1. The number of ether oxygens (including phenoxy) is 1. The lowest BCUT2D eigenvalue weighted by atomic mass is 9.98. The molecule has 0 saturated carbocycles. The van der Waals surface area contributed by atoms with Gasteiger partial charge >= 0.3 is 5.97 Å². The van der Waals surface area contributed by atoms with Gasteiger partial charge in [0.05, 0.1) is 5.56 Å². The second-order valence-electron chi connectivity index (χ2n) is 5.46. The molecule has 3 heteroatoms. The van der Waals surface area contributed by atoms with E-state index in [9.17, 15) is 9.90 Å². The maximum absolute atomic E-state index is 12.4. The fraction of sp³-hybridized carbons (Fsp3) is 0.0952. The molecule has 3 rings (SSSR count). The zero-order valence-electron chi connectivity index (χ0n) is 13.1. The van der Waals surface area contributed by atoms with E-state index in [2.05, 4.69) is 0 Å². The third-order valence-electron chi connectivity index (χ3n) is 3.80. The summed E-state index contributed by atoms with van der Waals surface area (Å²) in [7, 11) is 0. The lowest BCUT2D eigenvalue weighted by Gasteiger charge is -2.24. The van der Waals surface area contributed by atoms with Crippen LogP contribution in [0.4, 0.5) is 0 Å². The van der Waals surface area contributed by atoms with E-state index in [1.54, 1.807) is 24.3 Å². The zero-order chi connectivity index (χ0) is 16.8. The van der Waals surface area contributed by atoms with Gasteiger partial charge in [-0.1, -0.05) is 78.9 Å². The van der Waals surface area contributed by atoms with Crippen molar-refractivity contribution in [3.8, 4) is 0 Å². The average molecular weight is 318 g/mol. The molecular weight excluding hydrogens is 300 g/mol. The van der Waals surface area contributed by atoms with E-state index in [0.717, 1.165) is 5.56 Å². The molecule has 1 N–H and O–H groups in total. The first kappa shape index (κ1) is 16.0. The van der Waals surface area contributed by atoms with Gasteiger partial charge in [0.25, 0.3) is 0 Å². The Morgan fingerprint density at radius 2 is 1.17 bits per heavy atom. The number of benzene rings is 3. The molecule has 0 amide bonds. The number of carbonyl (C=O) groups is 1. The molecule has 24 heavy (non-hydrogen) atoms. The van der Waals surface area contributed by atoms with E-state index >= 15 is 0 Å². The van der Waals surface area contributed by atoms with Crippen molar-refractivity contribution in [2.75, 3.05) is 0 Å². The highest BCUT2D eigenvalue weighted by atomic mass is 16.6. The largest absolute Gasteiger partial charge is 0.451 e. The molecule has 0 saturated heterocycles. The number of hydrogen-bond acceptors (Lipinski definition) is 3. The molecule has 0 spiro atoms. The van der Waals surface area contributed by atoms with Crippen molar-refractivity contribution in [2.45, 2.75) is 12.2 Å². The highest BCUT2D eigenvalue weighted by Crippen LogP contribution is 2.32. The monoisotopic (exact) mass is 318 g/mol. The maximum Gasteiger partial charge on any atom is 0.338 e. The molecule has 2 atom stereocenters. The number of hydrogen-bond donors (Lipinski definition) is 1. The minimum atomic E-state index is -0.943. The van der Waals surface area contributed by atoms with E-state index in [0.29, 0.717) is 11.1 Å². The summed E-state index contributed by atoms with van der Waals surface area (Å²) in [5.74, 6) is -0.459. The number of aliphatic hydroxyl groups is 1. The fourth-order valence-electron chi connectivity index (χ4n) is 2.54. The van der Waals surface area contributed by atoms with E-state index < -0.39 is 18.2 Å². The third kappa shape index (κ3) is 3.70. The molecule has 0 bridgehead atoms. The maximum atomic E-state index is 12.4. The van der Waals surface area contributed by atoms with Crippen LogP contribution < -0.4 is 0 Å². The highest BCUT2D eigenvalue weighted by Gasteiger charge is 2.27. The van der Waals surface area contributed by atoms with E-state index in [1.165, 1.54) is 0 Å². The van der Waals surface area contributed by atoms with Crippen molar-refractivity contribution in [2.24, 2.45) is 0 Å². The van der Waals surface area contributed by atoms with Crippen LogP contribution in [0.5, 0.6) is 0 Å². The molecule has 0 fully saturated rings. The van der Waals surface area contributed by atoms with Crippen LogP contribution in [0.2, 0.25) is 0 Å². The summed E-state index contributed by atoms with van der Waals surface area (Å²) in [6.07, 6.45) is -1.72. The molecule has 0 aliphatic carbocycles. The summed E-state index contributed by atoms with van der Waals surface area (Å²) in [6.45, 7) is 0. The number of aliphatic hydroxyl groups excluding tert-OH is 1. The fourth-order valence-corrected chi connectivity index (χ4v) is 2.54. The summed E-state index contributed by atoms with van der Waals surface area (Å²) in [5.41, 5.74) is 1.91. The van der Waals surface area contributed by atoms with Crippen LogP contribution in [0.3, 0.4) is 0 Å². The van der Waals surface area contributed by atoms with Crippen LogP contribution in [0.25, 0.3) is 0 Å². The molecule has 3 aromatic rings. The molecule has 3 nitrogen and oxygen atoms in total. The van der Waals surface area contributed by atoms with E-state index in [1.807, 2.05) is 66.7 Å². The molecule has 0 aliphatic heterocycles. The Labute approximate surface area is 141 Å². The van der Waals surface area contributed by atoms with Crippen LogP contribution in [-0.2, 0) is 4.74 Å². The Kier molecular flexibility index (Phi) is 5.04. The second-order valence-corrected chi connectivity index (χ2v) is 5.46. The molecule has 0 unspecified atom stereocenters. The van der Waals surface area contributed by atoms with Gasteiger partial charge in [0, 0.05) is 0 Å². The second kappa shape index (κ2) is 7.57. The number of esters is 1. The molecule has 0 radical (unpaired) electrons. The number of carbonyl (C=O) groups excluding carboxylic acids is 1. The van der Waals surface area contributed by atoms with Gasteiger partial charge < -0.3 is 9.84 Å². The summed E-state index contributed by atoms with van der Waals surface area (Å²) >= 11 is 0. The Hall–Kier alpha value is -2.91. The standard InChI is InChI=1S/C21H18O3/c22-19(16-10-4-1-5-11-16)20(17-12-6-2-7-13-17)24-21(23)18-14-8-3-9-15-18/h1-15,19-20,22H/t19-,20+/m1/s1. The van der Waals surface area contributed by atoms with Gasteiger partial charge in [-0.05, 0) is 23.3 Å². The first-order valence-electron chi connectivity index (χ1n) is 7.79. The van der Waals surface area contributed by atoms with Gasteiger partial charge in [-0.3, -0.25) is 0 Å². The molecule has 0 heterocycles. The van der Waals surface area contributed by atoms with Crippen molar-refractivity contribution < 1.29 is 14.6 Å². The van der Waals surface area contributed by atoms with Gasteiger partial charge in [-0.15, -0.1) is 0 Å². The molecular formula is C21H18O3. The molecule has 120 valence electrons. The normalized spacial score (nSPS) is 13.0. The van der Waals surface area contributed by atoms with E-state index in [-0.39, 0.29) is 0 Å². The van der Waals surface area contributed by atoms with Crippen LogP contribution in [0, 0.1) is 0 Å². The minimum absolute atomic E-state index is 0.457. The highest BCUT2D eigenvalue weighted by molar-refractivity contribution is 5.89. The molecule has 3 aromatic carbocycles. The smallest absolute Gasteiger partial charge is 0.338 e.